The summed E-state index contributed by atoms with van der Waals surface area (Å²) in [4.78, 5) is 23.3. The van der Waals surface area contributed by atoms with Gasteiger partial charge in [-0.05, 0) is 54.6 Å². The Balaban J connectivity index is 1.32. The van der Waals surface area contributed by atoms with Crippen molar-refractivity contribution in [1.82, 2.24) is 29.5 Å². The Labute approximate surface area is 234 Å². The van der Waals surface area contributed by atoms with E-state index in [-0.39, 0.29) is 12.2 Å². The highest BCUT2D eigenvalue weighted by Gasteiger charge is 2.17. The second kappa shape index (κ2) is 10.3. The molecule has 8 heteroatoms. The first-order valence-corrected chi connectivity index (χ1v) is 13.2. The lowest BCUT2D eigenvalue weighted by Crippen LogP contribution is -2.05. The zero-order valence-corrected chi connectivity index (χ0v) is 21.7. The van der Waals surface area contributed by atoms with Crippen LogP contribution in [0, 0.1) is 5.82 Å². The lowest BCUT2D eigenvalue weighted by atomic mass is 10.0. The molecule has 0 amide bonds. The van der Waals surface area contributed by atoms with Crippen LogP contribution in [0.1, 0.15) is 12.2 Å². The molecule has 0 aliphatic heterocycles. The van der Waals surface area contributed by atoms with E-state index in [0.717, 1.165) is 33.7 Å². The number of hydrogen-bond acceptors (Lipinski definition) is 5. The molecule has 1 aliphatic rings. The summed E-state index contributed by atoms with van der Waals surface area (Å²) >= 11 is 0. The van der Waals surface area contributed by atoms with E-state index in [4.69, 9.17) is 15.0 Å². The van der Waals surface area contributed by atoms with E-state index >= 15 is 0 Å². The number of allylic oxidation sites excluding steroid dienone is 4. The second-order valence-electron chi connectivity index (χ2n) is 9.63. The highest BCUT2D eigenvalue weighted by Crippen LogP contribution is 2.31. The molecule has 6 nitrogen and oxygen atoms in total. The first kappa shape index (κ1) is 24.7. The van der Waals surface area contributed by atoms with E-state index in [1.807, 2.05) is 66.9 Å². The number of nitrogens with zero attached hydrogens (tertiary/aromatic N) is 6. The Hall–Kier alpha value is -5.37. The van der Waals surface area contributed by atoms with Gasteiger partial charge in [-0.15, -0.1) is 0 Å². The van der Waals surface area contributed by atoms with Crippen LogP contribution in [0.5, 0.6) is 0 Å². The maximum atomic E-state index is 13.8. The third kappa shape index (κ3) is 4.80. The molecule has 0 bridgehead atoms. The van der Waals surface area contributed by atoms with Crippen LogP contribution < -0.4 is 0 Å². The Morgan fingerprint density at radius 3 is 2.07 bits per heavy atom. The monoisotopic (exact) mass is 540 g/mol. The SMILES string of the molecule is Fc1ccc(-c2nc(C3=CCC(F)C=C3)nc(-c3ccc(-c4nc5ccccc5n4-c4cccnc4)cc3)n2)cc1. The Morgan fingerprint density at radius 1 is 0.707 bits per heavy atom. The van der Waals surface area contributed by atoms with E-state index in [0.29, 0.717) is 28.6 Å². The molecule has 0 saturated carbocycles. The third-order valence-electron chi connectivity index (χ3n) is 6.91. The summed E-state index contributed by atoms with van der Waals surface area (Å²) in [6.07, 6.45) is 7.76. The topological polar surface area (TPSA) is 69.4 Å². The van der Waals surface area contributed by atoms with Gasteiger partial charge in [-0.3, -0.25) is 9.55 Å². The van der Waals surface area contributed by atoms with Crippen LogP contribution in [-0.2, 0) is 0 Å². The largest absolute Gasteiger partial charge is 0.291 e. The molecule has 0 spiro atoms. The van der Waals surface area contributed by atoms with Gasteiger partial charge in [0, 0.05) is 34.9 Å². The van der Waals surface area contributed by atoms with E-state index < -0.39 is 6.17 Å². The predicted octanol–water partition coefficient (Wildman–Crippen LogP) is 7.43. The van der Waals surface area contributed by atoms with Gasteiger partial charge in [-0.25, -0.2) is 28.7 Å². The summed E-state index contributed by atoms with van der Waals surface area (Å²) in [5, 5.41) is 0. The molecular formula is C33H22F2N6. The van der Waals surface area contributed by atoms with E-state index in [9.17, 15) is 8.78 Å². The highest BCUT2D eigenvalue weighted by atomic mass is 19.1. The van der Waals surface area contributed by atoms with E-state index in [1.165, 1.54) is 18.2 Å². The third-order valence-corrected chi connectivity index (χ3v) is 6.91. The number of halogens is 2. The summed E-state index contributed by atoms with van der Waals surface area (Å²) in [5.41, 5.74) is 5.83. The second-order valence-corrected chi connectivity index (χ2v) is 9.63. The summed E-state index contributed by atoms with van der Waals surface area (Å²) in [5.74, 6) is 1.73. The maximum absolute atomic E-state index is 13.8. The molecule has 0 saturated heterocycles. The molecule has 0 fully saturated rings. The average molecular weight is 541 g/mol. The van der Waals surface area contributed by atoms with Gasteiger partial charge >= 0.3 is 0 Å². The summed E-state index contributed by atoms with van der Waals surface area (Å²) < 4.78 is 29.5. The van der Waals surface area contributed by atoms with Crippen molar-refractivity contribution in [3.8, 4) is 39.9 Å². The molecule has 0 N–H and O–H groups in total. The van der Waals surface area contributed by atoms with Gasteiger partial charge in [0.15, 0.2) is 17.5 Å². The number of fused-ring (bicyclic) bond motifs is 1. The van der Waals surface area contributed by atoms with Crippen molar-refractivity contribution in [2.24, 2.45) is 0 Å². The van der Waals surface area contributed by atoms with E-state index in [2.05, 4.69) is 14.5 Å². The minimum atomic E-state index is -1.03. The van der Waals surface area contributed by atoms with Gasteiger partial charge in [0.1, 0.15) is 17.8 Å². The van der Waals surface area contributed by atoms with E-state index in [1.54, 1.807) is 30.5 Å². The number of pyridine rings is 1. The smallest absolute Gasteiger partial charge is 0.164 e. The van der Waals surface area contributed by atoms with Crippen molar-refractivity contribution < 1.29 is 8.78 Å². The molecule has 1 atom stereocenters. The number of imidazole rings is 1. The Kier molecular flexibility index (Phi) is 6.20. The molecule has 0 radical (unpaired) electrons. The van der Waals surface area contributed by atoms with Gasteiger partial charge in [-0.1, -0.05) is 48.6 Å². The van der Waals surface area contributed by atoms with Crippen molar-refractivity contribution in [2.75, 3.05) is 0 Å². The van der Waals surface area contributed by atoms with Crippen LogP contribution in [-0.4, -0.2) is 35.7 Å². The number of benzene rings is 3. The molecule has 1 aliphatic carbocycles. The lowest BCUT2D eigenvalue weighted by molar-refractivity contribution is 0.402. The fourth-order valence-corrected chi connectivity index (χ4v) is 4.86. The fourth-order valence-electron chi connectivity index (χ4n) is 4.86. The molecule has 3 heterocycles. The molecule has 7 rings (SSSR count). The van der Waals surface area contributed by atoms with Crippen molar-refractivity contribution in [3.63, 3.8) is 0 Å². The fraction of sp³-hybridized carbons (Fsp3) is 0.0606. The lowest BCUT2D eigenvalue weighted by Gasteiger charge is -2.12. The molecular weight excluding hydrogens is 518 g/mol. The number of aromatic nitrogens is 6. The number of para-hydroxylation sites is 2. The van der Waals surface area contributed by atoms with Gasteiger partial charge in [-0.2, -0.15) is 0 Å². The Bertz CT molecular complexity index is 1930. The first-order chi connectivity index (χ1) is 20.1. The van der Waals surface area contributed by atoms with Crippen LogP contribution in [0.25, 0.3) is 56.5 Å². The molecule has 1 unspecified atom stereocenters. The quantitative estimate of drug-likeness (QED) is 0.228. The van der Waals surface area contributed by atoms with Crippen LogP contribution >= 0.6 is 0 Å². The summed E-state index contributed by atoms with van der Waals surface area (Å²) in [6, 6.07) is 25.7. The normalized spacial score (nSPS) is 14.8. The molecule has 3 aromatic heterocycles. The Morgan fingerprint density at radius 2 is 1.39 bits per heavy atom. The summed E-state index contributed by atoms with van der Waals surface area (Å²) in [7, 11) is 0. The van der Waals surface area contributed by atoms with Crippen molar-refractivity contribution in [2.45, 2.75) is 12.6 Å². The minimum absolute atomic E-state index is 0.255. The zero-order chi connectivity index (χ0) is 27.8. The zero-order valence-electron chi connectivity index (χ0n) is 21.7. The van der Waals surface area contributed by atoms with Crippen LogP contribution in [0.2, 0.25) is 0 Å². The van der Waals surface area contributed by atoms with Crippen LogP contribution in [0.4, 0.5) is 8.78 Å². The van der Waals surface area contributed by atoms with Crippen molar-refractivity contribution in [3.05, 3.63) is 127 Å². The van der Waals surface area contributed by atoms with Gasteiger partial charge in [0.2, 0.25) is 0 Å². The minimum Gasteiger partial charge on any atom is -0.291 e. The van der Waals surface area contributed by atoms with Crippen LogP contribution in [0.15, 0.2) is 116 Å². The van der Waals surface area contributed by atoms with Crippen LogP contribution in [0.3, 0.4) is 0 Å². The molecule has 6 aromatic rings. The molecule has 3 aromatic carbocycles. The summed E-state index contributed by atoms with van der Waals surface area (Å²) in [6.45, 7) is 0. The average Bonchev–Trinajstić information content (AvgIpc) is 3.42. The number of rotatable bonds is 5. The van der Waals surface area contributed by atoms with Crippen molar-refractivity contribution in [1.29, 1.82) is 0 Å². The first-order valence-electron chi connectivity index (χ1n) is 13.2. The van der Waals surface area contributed by atoms with Gasteiger partial charge < -0.3 is 0 Å². The van der Waals surface area contributed by atoms with Gasteiger partial charge in [0.05, 0.1) is 22.9 Å². The van der Waals surface area contributed by atoms with Gasteiger partial charge in [0.25, 0.3) is 0 Å². The number of alkyl halides is 1. The molecule has 198 valence electrons. The predicted molar refractivity (Wildman–Crippen MR) is 155 cm³/mol. The standard InChI is InChI=1S/C33H22F2N6/c34-25-15-11-22(12-16-25)31-38-30(39-32(40-31)23-13-17-26(35)18-14-23)21-7-9-24(10-8-21)33-37-28-5-1-2-6-29(28)41(33)27-4-3-19-36-20-27/h1-17,19-20,26H,18H2. The molecule has 41 heavy (non-hydrogen) atoms. The maximum Gasteiger partial charge on any atom is 0.164 e. The highest BCUT2D eigenvalue weighted by molar-refractivity contribution is 5.83. The number of hydrogen-bond donors (Lipinski definition) is 0. The van der Waals surface area contributed by atoms with Crippen molar-refractivity contribution >= 4 is 16.6 Å².